The zero-order chi connectivity index (χ0) is 14.0. The molecule has 0 atom stereocenters. The normalized spacial score (nSPS) is 18.3. The molecule has 7 heteroatoms. The fourth-order valence-corrected chi connectivity index (χ4v) is 2.44. The summed E-state index contributed by atoms with van der Waals surface area (Å²) in [5, 5.41) is 17.1. The first-order valence-electron chi connectivity index (χ1n) is 6.53. The van der Waals surface area contributed by atoms with Crippen LogP contribution in [0, 0.1) is 0 Å². The molecule has 1 aliphatic rings. The Morgan fingerprint density at radius 1 is 1.26 bits per heavy atom. The highest BCUT2D eigenvalue weighted by molar-refractivity contribution is 5.30. The summed E-state index contributed by atoms with van der Waals surface area (Å²) in [6.45, 7) is 0.285. The highest BCUT2D eigenvalue weighted by Crippen LogP contribution is 2.27. The van der Waals surface area contributed by atoms with Crippen molar-refractivity contribution in [3.63, 3.8) is 0 Å². The summed E-state index contributed by atoms with van der Waals surface area (Å²) in [7, 11) is 2.90. The van der Waals surface area contributed by atoms with Crippen molar-refractivity contribution in [2.45, 2.75) is 37.7 Å². The first-order valence-corrected chi connectivity index (χ1v) is 6.53. The van der Waals surface area contributed by atoms with Gasteiger partial charge in [-0.15, -0.1) is 5.10 Å². The van der Waals surface area contributed by atoms with Gasteiger partial charge in [0.2, 0.25) is 5.82 Å². The number of nitrogens with zero attached hydrogens (tertiary/aromatic N) is 3. The van der Waals surface area contributed by atoms with Gasteiger partial charge in [-0.25, -0.2) is 9.48 Å². The first-order chi connectivity index (χ1) is 8.93. The summed E-state index contributed by atoms with van der Waals surface area (Å²) in [6.07, 6.45) is 4.59. The maximum Gasteiger partial charge on any atom is 0.346 e. The van der Waals surface area contributed by atoms with Gasteiger partial charge in [0.1, 0.15) is 0 Å². The molecule has 1 aromatic heterocycles. The number of aryl methyl sites for hydroxylation is 1. The molecular weight excluding hydrogens is 248 g/mol. The Balaban J connectivity index is 2.16. The van der Waals surface area contributed by atoms with E-state index in [1.165, 1.54) is 14.1 Å². The lowest BCUT2D eigenvalue weighted by Gasteiger charge is -2.32. The SMILES string of the molecule is Cn1nc(NCC2(O)CCCCC2)c(=O)n(C)c1=O. The predicted octanol–water partition coefficient (Wildman–Crippen LogP) is -0.414. The van der Waals surface area contributed by atoms with Crippen LogP contribution in [0.15, 0.2) is 9.59 Å². The molecule has 2 N–H and O–H groups in total. The summed E-state index contributed by atoms with van der Waals surface area (Å²) >= 11 is 0. The molecule has 1 aliphatic carbocycles. The van der Waals surface area contributed by atoms with Gasteiger partial charge in [0, 0.05) is 20.6 Å². The fourth-order valence-electron chi connectivity index (χ4n) is 2.44. The molecule has 1 heterocycles. The van der Waals surface area contributed by atoms with E-state index in [4.69, 9.17) is 0 Å². The van der Waals surface area contributed by atoms with Crippen molar-refractivity contribution in [2.75, 3.05) is 11.9 Å². The Kier molecular flexibility index (Phi) is 3.75. The number of aliphatic hydroxyl groups is 1. The van der Waals surface area contributed by atoms with Gasteiger partial charge in [-0.3, -0.25) is 9.36 Å². The van der Waals surface area contributed by atoms with Crippen molar-refractivity contribution in [1.82, 2.24) is 14.3 Å². The molecule has 0 aromatic carbocycles. The van der Waals surface area contributed by atoms with Crippen molar-refractivity contribution in [3.05, 3.63) is 20.8 Å². The molecule has 1 saturated carbocycles. The van der Waals surface area contributed by atoms with Crippen LogP contribution in [0.2, 0.25) is 0 Å². The highest BCUT2D eigenvalue weighted by Gasteiger charge is 2.29. The van der Waals surface area contributed by atoms with E-state index in [0.717, 1.165) is 41.4 Å². The summed E-state index contributed by atoms with van der Waals surface area (Å²) in [4.78, 5) is 23.4. The Morgan fingerprint density at radius 2 is 1.89 bits per heavy atom. The molecule has 0 unspecified atom stereocenters. The van der Waals surface area contributed by atoms with E-state index in [1.807, 2.05) is 0 Å². The minimum Gasteiger partial charge on any atom is -0.388 e. The van der Waals surface area contributed by atoms with Gasteiger partial charge < -0.3 is 10.4 Å². The van der Waals surface area contributed by atoms with Crippen LogP contribution < -0.4 is 16.6 Å². The highest BCUT2D eigenvalue weighted by atomic mass is 16.3. The minimum atomic E-state index is -0.778. The van der Waals surface area contributed by atoms with E-state index in [1.54, 1.807) is 0 Å². The van der Waals surface area contributed by atoms with Gasteiger partial charge in [0.15, 0.2) is 0 Å². The summed E-state index contributed by atoms with van der Waals surface area (Å²) < 4.78 is 2.11. The standard InChI is InChI=1S/C12H20N4O3/c1-15-10(17)9(14-16(2)11(15)18)13-8-12(19)6-4-3-5-7-12/h19H,3-8H2,1-2H3,(H,13,14). The number of hydrogen-bond donors (Lipinski definition) is 2. The van der Waals surface area contributed by atoms with Crippen LogP contribution in [0.5, 0.6) is 0 Å². The third-order valence-corrected chi connectivity index (χ3v) is 3.69. The third-order valence-electron chi connectivity index (χ3n) is 3.69. The van der Waals surface area contributed by atoms with Crippen molar-refractivity contribution >= 4 is 5.82 Å². The minimum absolute atomic E-state index is 0.101. The lowest BCUT2D eigenvalue weighted by molar-refractivity contribution is 0.0166. The molecule has 0 bridgehead atoms. The molecule has 7 nitrogen and oxygen atoms in total. The van der Waals surface area contributed by atoms with Crippen LogP contribution >= 0.6 is 0 Å². The summed E-state index contributed by atoms with van der Waals surface area (Å²) in [6, 6.07) is 0. The Hall–Kier alpha value is -1.63. The van der Waals surface area contributed by atoms with Crippen LogP contribution in [0.4, 0.5) is 5.82 Å². The second kappa shape index (κ2) is 5.16. The van der Waals surface area contributed by atoms with Crippen molar-refractivity contribution in [2.24, 2.45) is 14.1 Å². The number of anilines is 1. The van der Waals surface area contributed by atoms with Gasteiger partial charge in [-0.1, -0.05) is 19.3 Å². The number of aromatic nitrogens is 3. The average Bonchev–Trinajstić information content (AvgIpc) is 2.40. The number of hydrogen-bond acceptors (Lipinski definition) is 5. The zero-order valence-electron chi connectivity index (χ0n) is 11.3. The van der Waals surface area contributed by atoms with Crippen LogP contribution in [0.1, 0.15) is 32.1 Å². The van der Waals surface area contributed by atoms with Crippen molar-refractivity contribution < 1.29 is 5.11 Å². The molecular formula is C12H20N4O3. The largest absolute Gasteiger partial charge is 0.388 e. The second-order valence-corrected chi connectivity index (χ2v) is 5.26. The fraction of sp³-hybridized carbons (Fsp3) is 0.750. The maximum absolute atomic E-state index is 11.9. The molecule has 1 fully saturated rings. The molecule has 0 saturated heterocycles. The van der Waals surface area contributed by atoms with Gasteiger partial charge in [-0.2, -0.15) is 0 Å². The van der Waals surface area contributed by atoms with E-state index in [2.05, 4.69) is 10.4 Å². The molecule has 0 radical (unpaired) electrons. The van der Waals surface area contributed by atoms with E-state index in [9.17, 15) is 14.7 Å². The maximum atomic E-state index is 11.9. The van der Waals surface area contributed by atoms with Crippen LogP contribution in [0.3, 0.4) is 0 Å². The lowest BCUT2D eigenvalue weighted by atomic mass is 9.85. The van der Waals surface area contributed by atoms with Crippen LogP contribution in [-0.2, 0) is 14.1 Å². The van der Waals surface area contributed by atoms with Crippen LogP contribution in [0.25, 0.3) is 0 Å². The van der Waals surface area contributed by atoms with E-state index in [-0.39, 0.29) is 12.4 Å². The first kappa shape index (κ1) is 13.8. The summed E-state index contributed by atoms with van der Waals surface area (Å²) in [5.41, 5.74) is -1.71. The van der Waals surface area contributed by atoms with Gasteiger partial charge in [0.25, 0.3) is 5.56 Å². The molecule has 19 heavy (non-hydrogen) atoms. The second-order valence-electron chi connectivity index (χ2n) is 5.26. The molecule has 0 amide bonds. The van der Waals surface area contributed by atoms with Crippen LogP contribution in [-0.4, -0.2) is 31.6 Å². The molecule has 1 aromatic rings. The quantitative estimate of drug-likeness (QED) is 0.777. The van der Waals surface area contributed by atoms with Gasteiger partial charge >= 0.3 is 5.69 Å². The topological polar surface area (TPSA) is 89.2 Å². The third kappa shape index (κ3) is 2.86. The predicted molar refractivity (Wildman–Crippen MR) is 71.2 cm³/mol. The monoisotopic (exact) mass is 268 g/mol. The van der Waals surface area contributed by atoms with E-state index in [0.29, 0.717) is 0 Å². The van der Waals surface area contributed by atoms with E-state index >= 15 is 0 Å². The molecule has 106 valence electrons. The molecule has 2 rings (SSSR count). The number of nitrogens with one attached hydrogen (secondary N) is 1. The van der Waals surface area contributed by atoms with Gasteiger partial charge in [0.05, 0.1) is 5.60 Å². The Morgan fingerprint density at radius 3 is 2.53 bits per heavy atom. The van der Waals surface area contributed by atoms with Crippen molar-refractivity contribution in [3.8, 4) is 0 Å². The lowest BCUT2D eigenvalue weighted by Crippen LogP contribution is -2.43. The zero-order valence-corrected chi connectivity index (χ0v) is 11.3. The molecule has 0 spiro atoms. The Bertz CT molecular complexity index is 569. The van der Waals surface area contributed by atoms with Crippen molar-refractivity contribution in [1.29, 1.82) is 0 Å². The average molecular weight is 268 g/mol. The molecule has 0 aliphatic heterocycles. The smallest absolute Gasteiger partial charge is 0.346 e. The van der Waals surface area contributed by atoms with Gasteiger partial charge in [-0.05, 0) is 12.8 Å². The van der Waals surface area contributed by atoms with E-state index < -0.39 is 16.9 Å². The number of rotatable bonds is 3. The Labute approximate surface area is 110 Å². The summed E-state index contributed by atoms with van der Waals surface area (Å²) in [5.74, 6) is 0.101.